The minimum absolute atomic E-state index is 0.143. The summed E-state index contributed by atoms with van der Waals surface area (Å²) in [5.74, 6) is 1.89. The van der Waals surface area contributed by atoms with Gasteiger partial charge >= 0.3 is 0 Å². The van der Waals surface area contributed by atoms with E-state index in [9.17, 15) is 4.79 Å². The topological polar surface area (TPSA) is 77.4 Å². The Balaban J connectivity index is 1.80. The summed E-state index contributed by atoms with van der Waals surface area (Å²) in [4.78, 5) is 19.1. The number of hydrogen-bond donors (Lipinski definition) is 0. The second-order valence-corrected chi connectivity index (χ2v) is 8.45. The first kappa shape index (κ1) is 22.1. The Labute approximate surface area is 192 Å². The van der Waals surface area contributed by atoms with E-state index in [-0.39, 0.29) is 5.91 Å². The number of nitrogens with zero attached hydrogens (tertiary/aromatic N) is 4. The van der Waals surface area contributed by atoms with E-state index in [1.54, 1.807) is 4.90 Å². The molecule has 0 saturated carbocycles. The van der Waals surface area contributed by atoms with Gasteiger partial charge in [-0.1, -0.05) is 43.8 Å². The van der Waals surface area contributed by atoms with Crippen molar-refractivity contribution in [1.29, 1.82) is 0 Å². The molecule has 0 unspecified atom stereocenters. The van der Waals surface area contributed by atoms with Crippen molar-refractivity contribution in [1.82, 2.24) is 15.2 Å². The molecular weight excluding hydrogens is 424 g/mol. The molecule has 8 heteroatoms. The van der Waals surface area contributed by atoms with Crippen molar-refractivity contribution in [2.24, 2.45) is 0 Å². The maximum absolute atomic E-state index is 12.8. The summed E-state index contributed by atoms with van der Waals surface area (Å²) in [5.41, 5.74) is 2.81. The predicted octanol–water partition coefficient (Wildman–Crippen LogP) is 5.27. The molecule has 4 rings (SSSR count). The number of carbonyl (C=O) groups excluding carboxylic acids is 1. The van der Waals surface area contributed by atoms with Crippen molar-refractivity contribution >= 4 is 23.4 Å². The average Bonchev–Trinajstić information content (AvgIpc) is 2.96. The fourth-order valence-corrected chi connectivity index (χ4v) is 4.11. The number of hydrogen-bond acceptors (Lipinski definition) is 7. The first-order chi connectivity index (χ1) is 15.6. The summed E-state index contributed by atoms with van der Waals surface area (Å²) in [5, 5.41) is 9.26. The van der Waals surface area contributed by atoms with E-state index in [2.05, 4.69) is 29.0 Å². The molecule has 0 spiro atoms. The Morgan fingerprint density at radius 3 is 2.59 bits per heavy atom. The highest BCUT2D eigenvalue weighted by molar-refractivity contribution is 7.99. The van der Waals surface area contributed by atoms with Crippen LogP contribution >= 0.6 is 11.8 Å². The normalized spacial score (nSPS) is 14.7. The zero-order chi connectivity index (χ0) is 22.5. The Kier molecular flexibility index (Phi) is 6.90. The SMILES string of the molecule is CCCOc1ccc([C@@H]2Oc3nc(SCCC)nnc3-c3ccccc3N2C(C)=O)cc1. The molecule has 1 amide bonds. The molecule has 32 heavy (non-hydrogen) atoms. The van der Waals surface area contributed by atoms with Crippen LogP contribution in [0, 0.1) is 0 Å². The van der Waals surface area contributed by atoms with Gasteiger partial charge in [-0.3, -0.25) is 9.69 Å². The van der Waals surface area contributed by atoms with Gasteiger partial charge in [0.2, 0.25) is 23.2 Å². The predicted molar refractivity (Wildman–Crippen MR) is 125 cm³/mol. The Bertz CT molecular complexity index is 1090. The number of amides is 1. The highest BCUT2D eigenvalue weighted by Gasteiger charge is 2.34. The molecule has 0 radical (unpaired) electrons. The van der Waals surface area contributed by atoms with Crippen LogP contribution in [0.4, 0.5) is 5.69 Å². The number of carbonyl (C=O) groups is 1. The maximum Gasteiger partial charge on any atom is 0.247 e. The molecule has 0 saturated heterocycles. The molecule has 2 aromatic carbocycles. The number of anilines is 1. The second-order valence-electron chi connectivity index (χ2n) is 7.39. The molecule has 1 aliphatic heterocycles. The number of fused-ring (bicyclic) bond motifs is 3. The van der Waals surface area contributed by atoms with Gasteiger partial charge in [-0.2, -0.15) is 4.98 Å². The third-order valence-corrected chi connectivity index (χ3v) is 5.97. The standard InChI is InChI=1S/C24H26N4O3S/c1-4-14-30-18-12-10-17(11-13-18)23-28(16(3)29)20-9-7-6-8-19(20)21-22(31-23)25-24(27-26-21)32-15-5-2/h6-13,23H,4-5,14-15H2,1-3H3/t23-/m0/s1. The molecule has 0 fully saturated rings. The van der Waals surface area contributed by atoms with E-state index < -0.39 is 6.23 Å². The van der Waals surface area contributed by atoms with Gasteiger partial charge in [0.15, 0.2) is 5.69 Å². The van der Waals surface area contributed by atoms with Gasteiger partial charge in [-0.15, -0.1) is 10.2 Å². The third kappa shape index (κ3) is 4.55. The quantitative estimate of drug-likeness (QED) is 0.454. The van der Waals surface area contributed by atoms with Crippen molar-refractivity contribution in [3.8, 4) is 22.9 Å². The van der Waals surface area contributed by atoms with Crippen molar-refractivity contribution < 1.29 is 14.3 Å². The summed E-state index contributed by atoms with van der Waals surface area (Å²) in [6.45, 7) is 6.35. The minimum Gasteiger partial charge on any atom is -0.494 e. The van der Waals surface area contributed by atoms with Gasteiger partial charge in [0.1, 0.15) is 5.75 Å². The van der Waals surface area contributed by atoms with Crippen LogP contribution in [0.15, 0.2) is 53.7 Å². The van der Waals surface area contributed by atoms with Gasteiger partial charge in [0.25, 0.3) is 0 Å². The van der Waals surface area contributed by atoms with E-state index in [0.717, 1.165) is 35.5 Å². The molecule has 0 bridgehead atoms. The van der Waals surface area contributed by atoms with Crippen LogP contribution in [0.1, 0.15) is 45.4 Å². The number of aromatic nitrogens is 3. The Morgan fingerprint density at radius 2 is 1.88 bits per heavy atom. The highest BCUT2D eigenvalue weighted by Crippen LogP contribution is 2.43. The largest absolute Gasteiger partial charge is 0.494 e. The van der Waals surface area contributed by atoms with Crippen molar-refractivity contribution in [2.75, 3.05) is 17.3 Å². The van der Waals surface area contributed by atoms with Crippen LogP contribution in [0.3, 0.4) is 0 Å². The lowest BCUT2D eigenvalue weighted by Crippen LogP contribution is -2.36. The van der Waals surface area contributed by atoms with Crippen LogP contribution in [0.25, 0.3) is 11.3 Å². The fourth-order valence-electron chi connectivity index (χ4n) is 3.47. The number of para-hydroxylation sites is 1. The Morgan fingerprint density at radius 1 is 1.09 bits per heavy atom. The summed E-state index contributed by atoms with van der Waals surface area (Å²) in [7, 11) is 0. The number of rotatable bonds is 7. The van der Waals surface area contributed by atoms with E-state index in [1.165, 1.54) is 18.7 Å². The highest BCUT2D eigenvalue weighted by atomic mass is 32.2. The van der Waals surface area contributed by atoms with E-state index >= 15 is 0 Å². The smallest absolute Gasteiger partial charge is 0.247 e. The minimum atomic E-state index is -0.698. The van der Waals surface area contributed by atoms with E-state index in [1.807, 2.05) is 48.5 Å². The van der Waals surface area contributed by atoms with Crippen LogP contribution in [0.5, 0.6) is 11.6 Å². The molecule has 3 aromatic rings. The maximum atomic E-state index is 12.8. The van der Waals surface area contributed by atoms with E-state index in [0.29, 0.717) is 29.0 Å². The molecular formula is C24H26N4O3S. The van der Waals surface area contributed by atoms with Gasteiger partial charge in [-0.25, -0.2) is 0 Å². The average molecular weight is 451 g/mol. The van der Waals surface area contributed by atoms with Crippen LogP contribution < -0.4 is 14.4 Å². The molecule has 1 aromatic heterocycles. The van der Waals surface area contributed by atoms with Gasteiger partial charge < -0.3 is 9.47 Å². The summed E-state index contributed by atoms with van der Waals surface area (Å²) in [6.07, 6.45) is 1.24. The summed E-state index contributed by atoms with van der Waals surface area (Å²) >= 11 is 1.53. The van der Waals surface area contributed by atoms with Crippen LogP contribution in [0.2, 0.25) is 0 Å². The van der Waals surface area contributed by atoms with Gasteiger partial charge in [0, 0.05) is 23.8 Å². The summed E-state index contributed by atoms with van der Waals surface area (Å²) < 4.78 is 12.1. The van der Waals surface area contributed by atoms with Crippen molar-refractivity contribution in [3.05, 3.63) is 54.1 Å². The molecule has 0 aliphatic carbocycles. The fraction of sp³-hybridized carbons (Fsp3) is 0.333. The van der Waals surface area contributed by atoms with Crippen LogP contribution in [-0.2, 0) is 4.79 Å². The molecule has 0 N–H and O–H groups in total. The van der Waals surface area contributed by atoms with E-state index in [4.69, 9.17) is 9.47 Å². The second kappa shape index (κ2) is 9.99. The molecule has 7 nitrogen and oxygen atoms in total. The molecule has 166 valence electrons. The third-order valence-electron chi connectivity index (χ3n) is 4.92. The van der Waals surface area contributed by atoms with Crippen molar-refractivity contribution in [3.63, 3.8) is 0 Å². The molecule has 2 heterocycles. The number of thioether (sulfide) groups is 1. The summed E-state index contributed by atoms with van der Waals surface area (Å²) in [6, 6.07) is 15.2. The lowest BCUT2D eigenvalue weighted by Gasteiger charge is -2.30. The van der Waals surface area contributed by atoms with Crippen LogP contribution in [-0.4, -0.2) is 33.4 Å². The number of benzene rings is 2. The molecule has 1 atom stereocenters. The zero-order valence-electron chi connectivity index (χ0n) is 18.4. The zero-order valence-corrected chi connectivity index (χ0v) is 19.3. The monoisotopic (exact) mass is 450 g/mol. The van der Waals surface area contributed by atoms with Gasteiger partial charge in [0.05, 0.1) is 12.3 Å². The molecule has 1 aliphatic rings. The first-order valence-electron chi connectivity index (χ1n) is 10.8. The van der Waals surface area contributed by atoms with Gasteiger partial charge in [-0.05, 0) is 43.2 Å². The van der Waals surface area contributed by atoms with Crippen molar-refractivity contribution in [2.45, 2.75) is 45.0 Å². The Hall–Kier alpha value is -3.13. The lowest BCUT2D eigenvalue weighted by atomic mass is 10.1. The lowest BCUT2D eigenvalue weighted by molar-refractivity contribution is -0.118. The first-order valence-corrected chi connectivity index (χ1v) is 11.8. The number of ether oxygens (including phenoxy) is 2.